The van der Waals surface area contributed by atoms with Gasteiger partial charge in [0.05, 0.1) is 6.26 Å². The fraction of sp³-hybridized carbons (Fsp3) is 0.348. The number of carbonyl (C=O) groups is 2. The predicted molar refractivity (Wildman–Crippen MR) is 114 cm³/mol. The molecule has 7 heteroatoms. The van der Waals surface area contributed by atoms with Gasteiger partial charge in [0.2, 0.25) is 0 Å². The number of nitrogens with one attached hydrogen (secondary N) is 1. The van der Waals surface area contributed by atoms with Crippen molar-refractivity contribution >= 4 is 17.5 Å². The number of anilines is 1. The first-order valence-corrected chi connectivity index (χ1v) is 10.00. The molecule has 156 valence electrons. The summed E-state index contributed by atoms with van der Waals surface area (Å²) in [6, 6.07) is 11.2. The van der Waals surface area contributed by atoms with Crippen LogP contribution in [0.1, 0.15) is 41.4 Å². The SMILES string of the molecule is Cc1cccc(C(C)C)c1NC(=O)/C(C#N)=C\N1CCN(C(=O)c2ccco2)CC1. The van der Waals surface area contributed by atoms with E-state index < -0.39 is 5.91 Å². The number of nitrogens with zero attached hydrogens (tertiary/aromatic N) is 3. The minimum Gasteiger partial charge on any atom is -0.459 e. The van der Waals surface area contributed by atoms with Gasteiger partial charge in [0.15, 0.2) is 5.76 Å². The molecular formula is C23H26N4O3. The van der Waals surface area contributed by atoms with Gasteiger partial charge in [-0.3, -0.25) is 9.59 Å². The van der Waals surface area contributed by atoms with Crippen molar-refractivity contribution < 1.29 is 14.0 Å². The zero-order valence-corrected chi connectivity index (χ0v) is 17.5. The van der Waals surface area contributed by atoms with Crippen molar-refractivity contribution in [1.82, 2.24) is 9.80 Å². The van der Waals surface area contributed by atoms with Crippen molar-refractivity contribution in [3.8, 4) is 6.07 Å². The maximum absolute atomic E-state index is 12.8. The van der Waals surface area contributed by atoms with Gasteiger partial charge in [-0.2, -0.15) is 5.26 Å². The lowest BCUT2D eigenvalue weighted by Gasteiger charge is -2.33. The number of hydrogen-bond donors (Lipinski definition) is 1. The molecule has 0 radical (unpaired) electrons. The normalized spacial score (nSPS) is 14.6. The second kappa shape index (κ2) is 9.31. The molecule has 0 atom stereocenters. The van der Waals surface area contributed by atoms with Gasteiger partial charge in [0, 0.05) is 38.1 Å². The summed E-state index contributed by atoms with van der Waals surface area (Å²) < 4.78 is 5.17. The van der Waals surface area contributed by atoms with Gasteiger partial charge in [-0.05, 0) is 36.1 Å². The van der Waals surface area contributed by atoms with Gasteiger partial charge < -0.3 is 19.5 Å². The van der Waals surface area contributed by atoms with E-state index in [1.165, 1.54) is 6.26 Å². The smallest absolute Gasteiger partial charge is 0.289 e. The zero-order chi connectivity index (χ0) is 21.7. The van der Waals surface area contributed by atoms with Crippen molar-refractivity contribution in [2.45, 2.75) is 26.7 Å². The summed E-state index contributed by atoms with van der Waals surface area (Å²) in [7, 11) is 0. The van der Waals surface area contributed by atoms with Crippen LogP contribution in [0.15, 0.2) is 52.8 Å². The van der Waals surface area contributed by atoms with Crippen LogP contribution in [0.4, 0.5) is 5.69 Å². The van der Waals surface area contributed by atoms with E-state index in [0.29, 0.717) is 31.9 Å². The van der Waals surface area contributed by atoms with Gasteiger partial charge in [-0.15, -0.1) is 0 Å². The topological polar surface area (TPSA) is 89.6 Å². The van der Waals surface area contributed by atoms with Crippen molar-refractivity contribution in [1.29, 1.82) is 5.26 Å². The molecule has 0 spiro atoms. The van der Waals surface area contributed by atoms with Crippen LogP contribution in [0.25, 0.3) is 0 Å². The van der Waals surface area contributed by atoms with E-state index in [4.69, 9.17) is 4.42 Å². The Hall–Kier alpha value is -3.53. The Morgan fingerprint density at radius 2 is 1.90 bits per heavy atom. The minimum absolute atomic E-state index is 0.0405. The van der Waals surface area contributed by atoms with Gasteiger partial charge in [-0.25, -0.2) is 0 Å². The zero-order valence-electron chi connectivity index (χ0n) is 17.5. The second-order valence-corrected chi connectivity index (χ2v) is 7.61. The van der Waals surface area contributed by atoms with E-state index >= 15 is 0 Å². The second-order valence-electron chi connectivity index (χ2n) is 7.61. The van der Waals surface area contributed by atoms with Gasteiger partial charge in [0.25, 0.3) is 11.8 Å². The van der Waals surface area contributed by atoms with E-state index in [1.54, 1.807) is 23.2 Å². The highest BCUT2D eigenvalue weighted by Crippen LogP contribution is 2.27. The highest BCUT2D eigenvalue weighted by atomic mass is 16.3. The molecule has 1 aromatic heterocycles. The maximum atomic E-state index is 12.8. The van der Waals surface area contributed by atoms with E-state index in [-0.39, 0.29) is 17.4 Å². The van der Waals surface area contributed by atoms with Gasteiger partial charge in [0.1, 0.15) is 11.6 Å². The fourth-order valence-electron chi connectivity index (χ4n) is 3.45. The van der Waals surface area contributed by atoms with Crippen LogP contribution in [-0.2, 0) is 4.79 Å². The number of nitriles is 1. The standard InChI is InChI=1S/C23H26N4O3/c1-16(2)19-7-4-6-17(3)21(19)25-22(28)18(14-24)15-26-9-11-27(12-10-26)23(29)20-8-5-13-30-20/h4-8,13,15-16H,9-12H2,1-3H3,(H,25,28)/b18-15-. The summed E-state index contributed by atoms with van der Waals surface area (Å²) in [4.78, 5) is 28.7. The number of furan rings is 1. The molecule has 1 aliphatic heterocycles. The first-order chi connectivity index (χ1) is 14.4. The third-order valence-electron chi connectivity index (χ3n) is 5.18. The Kier molecular flexibility index (Phi) is 6.58. The highest BCUT2D eigenvalue weighted by molar-refractivity contribution is 6.07. The van der Waals surface area contributed by atoms with E-state index in [1.807, 2.05) is 36.1 Å². The Balaban J connectivity index is 1.66. The Morgan fingerprint density at radius 1 is 1.17 bits per heavy atom. The number of amides is 2. The molecule has 1 fully saturated rings. The lowest BCUT2D eigenvalue weighted by molar-refractivity contribution is -0.112. The number of carbonyl (C=O) groups excluding carboxylic acids is 2. The van der Waals surface area contributed by atoms with Crippen molar-refractivity contribution in [3.05, 3.63) is 65.3 Å². The molecule has 2 amide bonds. The first kappa shape index (κ1) is 21.2. The van der Waals surface area contributed by atoms with Crippen LogP contribution in [0.2, 0.25) is 0 Å². The number of aryl methyl sites for hydroxylation is 1. The minimum atomic E-state index is -0.428. The van der Waals surface area contributed by atoms with Gasteiger partial charge >= 0.3 is 0 Å². The van der Waals surface area contributed by atoms with Crippen molar-refractivity contribution in [3.63, 3.8) is 0 Å². The molecule has 1 N–H and O–H groups in total. The van der Waals surface area contributed by atoms with Crippen LogP contribution in [0.3, 0.4) is 0 Å². The molecule has 0 bridgehead atoms. The molecule has 3 rings (SSSR count). The van der Waals surface area contributed by atoms with E-state index in [9.17, 15) is 14.9 Å². The molecule has 7 nitrogen and oxygen atoms in total. The third kappa shape index (κ3) is 4.71. The monoisotopic (exact) mass is 406 g/mol. The highest BCUT2D eigenvalue weighted by Gasteiger charge is 2.23. The first-order valence-electron chi connectivity index (χ1n) is 10.00. The number of hydrogen-bond acceptors (Lipinski definition) is 5. The van der Waals surface area contributed by atoms with Crippen LogP contribution < -0.4 is 5.32 Å². The molecule has 0 saturated carbocycles. The quantitative estimate of drug-likeness (QED) is 0.606. The predicted octanol–water partition coefficient (Wildman–Crippen LogP) is 3.52. The summed E-state index contributed by atoms with van der Waals surface area (Å²) in [5, 5.41) is 12.4. The number of rotatable bonds is 5. The largest absolute Gasteiger partial charge is 0.459 e. The molecule has 1 aromatic carbocycles. The van der Waals surface area contributed by atoms with Crippen molar-refractivity contribution in [2.75, 3.05) is 31.5 Å². The summed E-state index contributed by atoms with van der Waals surface area (Å²) >= 11 is 0. The summed E-state index contributed by atoms with van der Waals surface area (Å²) in [6.07, 6.45) is 3.06. The average molecular weight is 406 g/mol. The summed E-state index contributed by atoms with van der Waals surface area (Å²) in [5.41, 5.74) is 2.79. The fourth-order valence-corrected chi connectivity index (χ4v) is 3.45. The molecule has 0 unspecified atom stereocenters. The number of piperazine rings is 1. The Labute approximate surface area is 176 Å². The van der Waals surface area contributed by atoms with Crippen LogP contribution in [0, 0.1) is 18.3 Å². The number of para-hydroxylation sites is 1. The van der Waals surface area contributed by atoms with Gasteiger partial charge in [-0.1, -0.05) is 32.0 Å². The van der Waals surface area contributed by atoms with Crippen LogP contribution in [-0.4, -0.2) is 47.8 Å². The molecule has 30 heavy (non-hydrogen) atoms. The summed E-state index contributed by atoms with van der Waals surface area (Å²) in [6.45, 7) is 8.12. The third-order valence-corrected chi connectivity index (χ3v) is 5.18. The lowest BCUT2D eigenvalue weighted by atomic mass is 9.98. The molecule has 1 aliphatic rings. The van der Waals surface area contributed by atoms with E-state index in [2.05, 4.69) is 19.2 Å². The molecule has 2 aromatic rings. The maximum Gasteiger partial charge on any atom is 0.289 e. The molecule has 2 heterocycles. The van der Waals surface area contributed by atoms with Crippen LogP contribution in [0.5, 0.6) is 0 Å². The number of benzene rings is 1. The molecule has 1 saturated heterocycles. The average Bonchev–Trinajstić information content (AvgIpc) is 3.28. The van der Waals surface area contributed by atoms with Crippen molar-refractivity contribution in [2.24, 2.45) is 0 Å². The van der Waals surface area contributed by atoms with Crippen LogP contribution >= 0.6 is 0 Å². The Bertz CT molecular complexity index is 978. The summed E-state index contributed by atoms with van der Waals surface area (Å²) in [5.74, 6) is -0.0183. The molecular weight excluding hydrogens is 380 g/mol. The van der Waals surface area contributed by atoms with E-state index in [0.717, 1.165) is 16.8 Å². The molecule has 0 aliphatic carbocycles. The Morgan fingerprint density at radius 3 is 2.50 bits per heavy atom. The lowest BCUT2D eigenvalue weighted by Crippen LogP contribution is -2.47.